The maximum Gasteiger partial charge on any atom is 0.330 e. The number of benzene rings is 1. The normalized spacial score (nSPS) is 25.2. The Hall–Kier alpha value is -1.88. The summed E-state index contributed by atoms with van der Waals surface area (Å²) in [6.45, 7) is 10.2. The summed E-state index contributed by atoms with van der Waals surface area (Å²) >= 11 is 0. The zero-order valence-electron chi connectivity index (χ0n) is 15.1. The van der Waals surface area contributed by atoms with Crippen LogP contribution in [0.25, 0.3) is 0 Å². The third-order valence-electron chi connectivity index (χ3n) is 5.30. The monoisotopic (exact) mass is 333 g/mol. The molecule has 1 aromatic carbocycles. The van der Waals surface area contributed by atoms with E-state index < -0.39 is 16.9 Å². The van der Waals surface area contributed by atoms with Crippen LogP contribution in [0.2, 0.25) is 0 Å². The first-order valence-electron chi connectivity index (χ1n) is 8.43. The van der Waals surface area contributed by atoms with E-state index in [9.17, 15) is 14.7 Å². The number of carbonyl (C=O) groups is 2. The van der Waals surface area contributed by atoms with Crippen molar-refractivity contribution in [2.24, 2.45) is 5.41 Å². The van der Waals surface area contributed by atoms with E-state index in [1.807, 2.05) is 32.9 Å². The number of carbonyl (C=O) groups excluding carboxylic acids is 1. The molecule has 1 aliphatic carbocycles. The first kappa shape index (κ1) is 18.5. The number of rotatable bonds is 6. The van der Waals surface area contributed by atoms with E-state index in [0.717, 1.165) is 5.56 Å². The molecule has 0 saturated heterocycles. The summed E-state index contributed by atoms with van der Waals surface area (Å²) in [6.07, 6.45) is 0.0983. The van der Waals surface area contributed by atoms with E-state index in [2.05, 4.69) is 19.2 Å². The van der Waals surface area contributed by atoms with E-state index in [1.165, 1.54) is 0 Å². The summed E-state index contributed by atoms with van der Waals surface area (Å²) in [6, 6.07) is 7.29. The Morgan fingerprint density at radius 3 is 2.29 bits per heavy atom. The number of ether oxygens (including phenoxy) is 1. The lowest BCUT2D eigenvalue weighted by atomic mass is 9.54. The van der Waals surface area contributed by atoms with Crippen molar-refractivity contribution < 1.29 is 19.4 Å². The van der Waals surface area contributed by atoms with Crippen molar-refractivity contribution in [2.75, 3.05) is 6.61 Å². The highest BCUT2D eigenvalue weighted by Crippen LogP contribution is 2.51. The van der Waals surface area contributed by atoms with E-state index >= 15 is 0 Å². The van der Waals surface area contributed by atoms with E-state index in [1.54, 1.807) is 12.1 Å². The summed E-state index contributed by atoms with van der Waals surface area (Å²) in [5.74, 6) is -1.00. The molecule has 0 radical (unpaired) electrons. The van der Waals surface area contributed by atoms with Gasteiger partial charge in [0.05, 0.1) is 6.10 Å². The summed E-state index contributed by atoms with van der Waals surface area (Å²) in [4.78, 5) is 24.5. The average molecular weight is 333 g/mol. The van der Waals surface area contributed by atoms with E-state index in [4.69, 9.17) is 4.74 Å². The fourth-order valence-electron chi connectivity index (χ4n) is 3.32. The molecule has 2 rings (SSSR count). The van der Waals surface area contributed by atoms with Gasteiger partial charge in [0.25, 0.3) is 5.91 Å². The maximum absolute atomic E-state index is 12.6. The standard InChI is InChI=1S/C19H27NO4/c1-6-24-15-11-19(17(22)23,18(15,4)5)20-16(21)14-9-7-13(8-10-14)12(2)3/h7-10,12,15H,6,11H2,1-5H3,(H,20,21)(H,22,23). The molecule has 0 aromatic heterocycles. The molecular formula is C19H27NO4. The predicted molar refractivity (Wildman–Crippen MR) is 92.2 cm³/mol. The molecule has 132 valence electrons. The minimum atomic E-state index is -1.30. The molecular weight excluding hydrogens is 306 g/mol. The van der Waals surface area contributed by atoms with Gasteiger partial charge in [-0.3, -0.25) is 4.79 Å². The van der Waals surface area contributed by atoms with Gasteiger partial charge in [-0.25, -0.2) is 4.79 Å². The van der Waals surface area contributed by atoms with Crippen molar-refractivity contribution in [3.05, 3.63) is 35.4 Å². The van der Waals surface area contributed by atoms with Crippen LogP contribution in [0, 0.1) is 5.41 Å². The van der Waals surface area contributed by atoms with Gasteiger partial charge in [0.1, 0.15) is 5.54 Å². The van der Waals surface area contributed by atoms with Gasteiger partial charge in [0.15, 0.2) is 0 Å². The van der Waals surface area contributed by atoms with Crippen LogP contribution in [0.1, 0.15) is 62.9 Å². The number of aliphatic carboxylic acids is 1. The summed E-state index contributed by atoms with van der Waals surface area (Å²) in [5.41, 5.74) is -0.376. The summed E-state index contributed by atoms with van der Waals surface area (Å²) in [7, 11) is 0. The topological polar surface area (TPSA) is 75.6 Å². The second-order valence-corrected chi connectivity index (χ2v) is 7.31. The fraction of sp³-hybridized carbons (Fsp3) is 0.579. The van der Waals surface area contributed by atoms with Crippen LogP contribution in [0.3, 0.4) is 0 Å². The van der Waals surface area contributed by atoms with Gasteiger partial charge in [-0.2, -0.15) is 0 Å². The van der Waals surface area contributed by atoms with Crippen LogP contribution in [0.5, 0.6) is 0 Å². The number of amides is 1. The molecule has 1 fully saturated rings. The summed E-state index contributed by atoms with van der Waals surface area (Å²) in [5, 5.41) is 12.5. The van der Waals surface area contributed by atoms with Crippen LogP contribution in [-0.4, -0.2) is 35.2 Å². The summed E-state index contributed by atoms with van der Waals surface area (Å²) < 4.78 is 5.61. The SMILES string of the molecule is CCOC1CC(NC(=O)c2ccc(C(C)C)cc2)(C(=O)O)C1(C)C. The Bertz CT molecular complexity index is 621. The molecule has 0 bridgehead atoms. The Balaban J connectivity index is 2.20. The molecule has 5 heteroatoms. The Kier molecular flexibility index (Phi) is 5.04. The van der Waals surface area contributed by atoms with Gasteiger partial charge in [-0.15, -0.1) is 0 Å². The number of hydrogen-bond acceptors (Lipinski definition) is 3. The highest BCUT2D eigenvalue weighted by atomic mass is 16.5. The number of nitrogens with one attached hydrogen (secondary N) is 1. The van der Waals surface area contributed by atoms with Crippen molar-refractivity contribution in [1.82, 2.24) is 5.32 Å². The predicted octanol–water partition coefficient (Wildman–Crippen LogP) is 3.20. The molecule has 1 aliphatic rings. The van der Waals surface area contributed by atoms with Crippen molar-refractivity contribution in [2.45, 2.75) is 58.6 Å². The first-order valence-corrected chi connectivity index (χ1v) is 8.43. The number of hydrogen-bond donors (Lipinski definition) is 2. The molecule has 0 aliphatic heterocycles. The molecule has 2 unspecified atom stereocenters. The molecule has 2 atom stereocenters. The average Bonchev–Trinajstić information content (AvgIpc) is 2.53. The molecule has 1 aromatic rings. The minimum absolute atomic E-state index is 0.179. The van der Waals surface area contributed by atoms with Crippen molar-refractivity contribution >= 4 is 11.9 Å². The fourth-order valence-corrected chi connectivity index (χ4v) is 3.32. The van der Waals surface area contributed by atoms with Crippen molar-refractivity contribution in [3.8, 4) is 0 Å². The number of carboxylic acids is 1. The van der Waals surface area contributed by atoms with Gasteiger partial charge < -0.3 is 15.2 Å². The first-order chi connectivity index (χ1) is 11.2. The quantitative estimate of drug-likeness (QED) is 0.838. The Labute approximate surface area is 143 Å². The molecule has 1 amide bonds. The smallest absolute Gasteiger partial charge is 0.330 e. The van der Waals surface area contributed by atoms with E-state index in [0.29, 0.717) is 18.1 Å². The van der Waals surface area contributed by atoms with Gasteiger partial charge in [0.2, 0.25) is 0 Å². The lowest BCUT2D eigenvalue weighted by Crippen LogP contribution is -2.76. The highest BCUT2D eigenvalue weighted by Gasteiger charge is 2.66. The Morgan fingerprint density at radius 1 is 1.29 bits per heavy atom. The second-order valence-electron chi connectivity index (χ2n) is 7.31. The zero-order valence-corrected chi connectivity index (χ0v) is 15.1. The Morgan fingerprint density at radius 2 is 1.88 bits per heavy atom. The van der Waals surface area contributed by atoms with Crippen LogP contribution < -0.4 is 5.32 Å². The maximum atomic E-state index is 12.6. The second kappa shape index (κ2) is 6.55. The molecule has 1 saturated carbocycles. The molecule has 2 N–H and O–H groups in total. The zero-order chi connectivity index (χ0) is 18.1. The third kappa shape index (κ3) is 2.93. The third-order valence-corrected chi connectivity index (χ3v) is 5.30. The van der Waals surface area contributed by atoms with Gasteiger partial charge >= 0.3 is 5.97 Å². The van der Waals surface area contributed by atoms with Crippen LogP contribution >= 0.6 is 0 Å². The minimum Gasteiger partial charge on any atom is -0.479 e. The molecule has 0 heterocycles. The number of carboxylic acid groups (broad SMARTS) is 1. The molecule has 5 nitrogen and oxygen atoms in total. The lowest BCUT2D eigenvalue weighted by molar-refractivity contribution is -0.190. The van der Waals surface area contributed by atoms with E-state index in [-0.39, 0.29) is 18.4 Å². The lowest BCUT2D eigenvalue weighted by Gasteiger charge is -2.58. The van der Waals surface area contributed by atoms with Crippen LogP contribution in [0.4, 0.5) is 0 Å². The molecule has 24 heavy (non-hydrogen) atoms. The molecule has 0 spiro atoms. The largest absolute Gasteiger partial charge is 0.479 e. The van der Waals surface area contributed by atoms with Crippen LogP contribution in [0.15, 0.2) is 24.3 Å². The van der Waals surface area contributed by atoms with Crippen molar-refractivity contribution in [1.29, 1.82) is 0 Å². The van der Waals surface area contributed by atoms with Crippen molar-refractivity contribution in [3.63, 3.8) is 0 Å². The highest BCUT2D eigenvalue weighted by molar-refractivity contribution is 5.98. The van der Waals surface area contributed by atoms with Gasteiger partial charge in [0, 0.05) is 24.0 Å². The van der Waals surface area contributed by atoms with Gasteiger partial charge in [-0.05, 0) is 30.5 Å². The van der Waals surface area contributed by atoms with Gasteiger partial charge in [-0.1, -0.05) is 39.8 Å². The van der Waals surface area contributed by atoms with Crippen LogP contribution in [-0.2, 0) is 9.53 Å².